The van der Waals surface area contributed by atoms with Crippen molar-refractivity contribution in [1.29, 1.82) is 0 Å². The zero-order chi connectivity index (χ0) is 14.8. The van der Waals surface area contributed by atoms with Crippen molar-refractivity contribution < 1.29 is 14.6 Å². The highest BCUT2D eigenvalue weighted by Crippen LogP contribution is 2.34. The molecule has 2 heterocycles. The molecule has 0 bridgehead atoms. The minimum Gasteiger partial charge on any atom is -0.391 e. The first-order chi connectivity index (χ1) is 10.2. The first-order valence-electron chi connectivity index (χ1n) is 7.75. The summed E-state index contributed by atoms with van der Waals surface area (Å²) in [6.45, 7) is 0.584. The summed E-state index contributed by atoms with van der Waals surface area (Å²) in [4.78, 5) is 12.5. The van der Waals surface area contributed by atoms with Crippen LogP contribution in [0.2, 0.25) is 0 Å². The Morgan fingerprint density at radius 3 is 2.95 bits per heavy atom. The molecular weight excluding hydrogens is 270 g/mol. The first kappa shape index (κ1) is 14.5. The summed E-state index contributed by atoms with van der Waals surface area (Å²) in [6.07, 6.45) is 5.51. The van der Waals surface area contributed by atoms with Crippen LogP contribution in [0.4, 0.5) is 0 Å². The number of aliphatic hydroxyl groups excluding tert-OH is 1. The van der Waals surface area contributed by atoms with Gasteiger partial charge in [-0.1, -0.05) is 12.8 Å². The highest BCUT2D eigenvalue weighted by molar-refractivity contribution is 5.80. The summed E-state index contributed by atoms with van der Waals surface area (Å²) >= 11 is 0. The van der Waals surface area contributed by atoms with Gasteiger partial charge in [-0.15, -0.1) is 0 Å². The molecule has 6 nitrogen and oxygen atoms in total. The fraction of sp³-hybridized carbons (Fsp3) is 0.733. The molecule has 3 rings (SSSR count). The summed E-state index contributed by atoms with van der Waals surface area (Å²) in [6, 6.07) is 1.78. The van der Waals surface area contributed by atoms with Crippen LogP contribution < -0.4 is 5.32 Å². The third kappa shape index (κ3) is 2.96. The molecule has 4 atom stereocenters. The maximum Gasteiger partial charge on any atom is 0.226 e. The van der Waals surface area contributed by atoms with Crippen LogP contribution in [0.1, 0.15) is 43.9 Å². The standard InChI is InChI=1S/C15H23N3O3/c1-18-12(6-8-16-18)14-10(7-9-21-14)15(20)17-11-4-2-3-5-13(11)19/h6,8,10-11,13-14,19H,2-5,7,9H2,1H3,(H,17,20)/t10-,11?,13?,14-/m1/s1. The predicted molar refractivity (Wildman–Crippen MR) is 76.4 cm³/mol. The first-order valence-corrected chi connectivity index (χ1v) is 7.75. The molecule has 1 aromatic rings. The molecule has 1 saturated carbocycles. The maximum absolute atomic E-state index is 12.5. The van der Waals surface area contributed by atoms with Crippen LogP contribution >= 0.6 is 0 Å². The number of aromatic nitrogens is 2. The Morgan fingerprint density at radius 2 is 2.24 bits per heavy atom. The Bertz CT molecular complexity index is 502. The molecule has 0 radical (unpaired) electrons. The maximum atomic E-state index is 12.5. The molecule has 2 fully saturated rings. The van der Waals surface area contributed by atoms with Crippen molar-refractivity contribution in [2.45, 2.75) is 50.4 Å². The Kier molecular flexibility index (Phi) is 4.26. The zero-order valence-electron chi connectivity index (χ0n) is 12.4. The summed E-state index contributed by atoms with van der Waals surface area (Å²) in [5.74, 6) is -0.209. The van der Waals surface area contributed by atoms with Crippen molar-refractivity contribution in [3.05, 3.63) is 18.0 Å². The van der Waals surface area contributed by atoms with E-state index in [-0.39, 0.29) is 24.0 Å². The molecule has 2 unspecified atom stereocenters. The Labute approximate surface area is 124 Å². The molecule has 116 valence electrons. The van der Waals surface area contributed by atoms with Gasteiger partial charge >= 0.3 is 0 Å². The number of rotatable bonds is 3. The minimum absolute atomic E-state index is 0.00958. The van der Waals surface area contributed by atoms with Crippen LogP contribution in [0.5, 0.6) is 0 Å². The molecule has 1 aliphatic heterocycles. The second-order valence-corrected chi connectivity index (χ2v) is 6.03. The number of aliphatic hydroxyl groups is 1. The van der Waals surface area contributed by atoms with E-state index >= 15 is 0 Å². The van der Waals surface area contributed by atoms with Gasteiger partial charge in [-0.3, -0.25) is 9.48 Å². The lowest BCUT2D eigenvalue weighted by Crippen LogP contribution is -2.47. The number of nitrogens with zero attached hydrogens (tertiary/aromatic N) is 2. The van der Waals surface area contributed by atoms with E-state index in [1.54, 1.807) is 10.9 Å². The molecular formula is C15H23N3O3. The van der Waals surface area contributed by atoms with Crippen molar-refractivity contribution in [2.75, 3.05) is 6.61 Å². The average molecular weight is 293 g/mol. The lowest BCUT2D eigenvalue weighted by atomic mass is 9.91. The third-order valence-corrected chi connectivity index (χ3v) is 4.64. The van der Waals surface area contributed by atoms with Gasteiger partial charge in [0.1, 0.15) is 6.10 Å². The number of carbonyl (C=O) groups excluding carboxylic acids is 1. The summed E-state index contributed by atoms with van der Waals surface area (Å²) in [5.41, 5.74) is 0.928. The predicted octanol–water partition coefficient (Wildman–Crippen LogP) is 0.917. The van der Waals surface area contributed by atoms with E-state index in [2.05, 4.69) is 10.4 Å². The molecule has 0 spiro atoms. The van der Waals surface area contributed by atoms with Crippen molar-refractivity contribution >= 4 is 5.91 Å². The molecule has 2 N–H and O–H groups in total. The van der Waals surface area contributed by atoms with Gasteiger partial charge in [0.2, 0.25) is 5.91 Å². The number of hydrogen-bond acceptors (Lipinski definition) is 4. The number of aryl methyl sites for hydroxylation is 1. The molecule has 1 aliphatic carbocycles. The van der Waals surface area contributed by atoms with E-state index in [0.717, 1.165) is 31.4 Å². The summed E-state index contributed by atoms with van der Waals surface area (Å²) < 4.78 is 7.50. The SMILES string of the molecule is Cn1nccc1[C@@H]1OCC[C@H]1C(=O)NC1CCCCC1O. The second kappa shape index (κ2) is 6.15. The Balaban J connectivity index is 1.67. The van der Waals surface area contributed by atoms with Gasteiger partial charge in [0, 0.05) is 19.9 Å². The second-order valence-electron chi connectivity index (χ2n) is 6.03. The lowest BCUT2D eigenvalue weighted by Gasteiger charge is -2.30. The summed E-state index contributed by atoms with van der Waals surface area (Å²) in [5, 5.41) is 17.2. The van der Waals surface area contributed by atoms with Crippen LogP contribution in [-0.2, 0) is 16.6 Å². The van der Waals surface area contributed by atoms with Crippen LogP contribution in [-0.4, -0.2) is 39.5 Å². The molecule has 2 aliphatic rings. The van der Waals surface area contributed by atoms with E-state index in [1.165, 1.54) is 0 Å². The van der Waals surface area contributed by atoms with Gasteiger partial charge in [-0.2, -0.15) is 5.10 Å². The highest BCUT2D eigenvalue weighted by Gasteiger charge is 2.38. The normalized spacial score (nSPS) is 33.0. The van der Waals surface area contributed by atoms with E-state index in [0.29, 0.717) is 13.0 Å². The monoisotopic (exact) mass is 293 g/mol. The van der Waals surface area contributed by atoms with Gasteiger partial charge in [-0.25, -0.2) is 0 Å². The minimum atomic E-state index is -0.417. The molecule has 6 heteroatoms. The third-order valence-electron chi connectivity index (χ3n) is 4.64. The average Bonchev–Trinajstić information content (AvgIpc) is 3.09. The van der Waals surface area contributed by atoms with E-state index in [9.17, 15) is 9.90 Å². The number of nitrogens with one attached hydrogen (secondary N) is 1. The Hall–Kier alpha value is -1.40. The molecule has 0 aromatic carbocycles. The lowest BCUT2D eigenvalue weighted by molar-refractivity contribution is -0.128. The van der Waals surface area contributed by atoms with Gasteiger partial charge in [0.05, 0.1) is 23.8 Å². The van der Waals surface area contributed by atoms with Crippen molar-refractivity contribution in [2.24, 2.45) is 13.0 Å². The molecule has 21 heavy (non-hydrogen) atoms. The van der Waals surface area contributed by atoms with Crippen molar-refractivity contribution in [3.63, 3.8) is 0 Å². The van der Waals surface area contributed by atoms with E-state index in [4.69, 9.17) is 4.74 Å². The van der Waals surface area contributed by atoms with Crippen LogP contribution in [0.15, 0.2) is 12.3 Å². The zero-order valence-corrected chi connectivity index (χ0v) is 12.4. The fourth-order valence-corrected chi connectivity index (χ4v) is 3.38. The van der Waals surface area contributed by atoms with Gasteiger partial charge in [0.25, 0.3) is 0 Å². The van der Waals surface area contributed by atoms with E-state index < -0.39 is 6.10 Å². The topological polar surface area (TPSA) is 76.4 Å². The smallest absolute Gasteiger partial charge is 0.226 e. The van der Waals surface area contributed by atoms with Crippen LogP contribution in [0, 0.1) is 5.92 Å². The van der Waals surface area contributed by atoms with Crippen LogP contribution in [0.3, 0.4) is 0 Å². The molecule has 1 saturated heterocycles. The largest absolute Gasteiger partial charge is 0.391 e. The van der Waals surface area contributed by atoms with Crippen molar-refractivity contribution in [1.82, 2.24) is 15.1 Å². The molecule has 1 aromatic heterocycles. The van der Waals surface area contributed by atoms with Crippen molar-refractivity contribution in [3.8, 4) is 0 Å². The van der Waals surface area contributed by atoms with E-state index in [1.807, 2.05) is 13.1 Å². The highest BCUT2D eigenvalue weighted by atomic mass is 16.5. The van der Waals surface area contributed by atoms with Gasteiger partial charge < -0.3 is 15.2 Å². The fourth-order valence-electron chi connectivity index (χ4n) is 3.38. The number of carbonyl (C=O) groups is 1. The number of hydrogen-bond donors (Lipinski definition) is 2. The van der Waals surface area contributed by atoms with Crippen LogP contribution in [0.25, 0.3) is 0 Å². The van der Waals surface area contributed by atoms with Gasteiger partial charge in [-0.05, 0) is 25.3 Å². The van der Waals surface area contributed by atoms with Gasteiger partial charge in [0.15, 0.2) is 0 Å². The number of ether oxygens (including phenoxy) is 1. The Morgan fingerprint density at radius 1 is 1.43 bits per heavy atom. The number of amides is 1. The molecule has 1 amide bonds. The summed E-state index contributed by atoms with van der Waals surface area (Å²) in [7, 11) is 1.86. The quantitative estimate of drug-likeness (QED) is 0.869.